The Morgan fingerprint density at radius 3 is 2.41 bits per heavy atom. The van der Waals surface area contributed by atoms with Crippen LogP contribution in [0.5, 0.6) is 5.75 Å². The summed E-state index contributed by atoms with van der Waals surface area (Å²) in [6.45, 7) is 2.88. The van der Waals surface area contributed by atoms with E-state index in [0.717, 1.165) is 16.4 Å². The van der Waals surface area contributed by atoms with Gasteiger partial charge in [-0.05, 0) is 25.1 Å². The highest BCUT2D eigenvalue weighted by atomic mass is 35.5. The molecule has 1 atom stereocenters. The molecule has 2 aromatic rings. The van der Waals surface area contributed by atoms with Gasteiger partial charge in [0.1, 0.15) is 11.6 Å². The molecule has 0 spiro atoms. The number of carbonyl (C=O) groups excluding carboxylic acids is 1. The van der Waals surface area contributed by atoms with Crippen molar-refractivity contribution >= 4 is 39.3 Å². The molecule has 0 saturated heterocycles. The van der Waals surface area contributed by atoms with E-state index in [0.29, 0.717) is 12.3 Å². The molecule has 1 N–H and O–H groups in total. The second-order valence-corrected chi connectivity index (χ2v) is 9.05. The number of nitrogens with one attached hydrogen (secondary N) is 1. The van der Waals surface area contributed by atoms with Crippen LogP contribution >= 0.6 is 23.2 Å². The summed E-state index contributed by atoms with van der Waals surface area (Å²) in [6, 6.07) is 2.38. The first-order valence-corrected chi connectivity index (χ1v) is 11.0. The zero-order chi connectivity index (χ0) is 24.4. The number of hydrogen-bond donors (Lipinski definition) is 1. The smallest absolute Gasteiger partial charge is 0.417 e. The normalized spacial score (nSPS) is 13.2. The molecular formula is C18H17Cl2F4N3O4S. The maximum Gasteiger partial charge on any atom is 0.417 e. The fourth-order valence-corrected chi connectivity index (χ4v) is 3.67. The molecule has 0 aliphatic rings. The molecule has 1 heterocycles. The molecule has 1 aromatic heterocycles. The van der Waals surface area contributed by atoms with Crippen molar-refractivity contribution in [2.24, 2.45) is 0 Å². The molecule has 2 rings (SSSR count). The SMILES string of the molecule is CCN(C)S(=O)(=O)NC(=O)C(C)Oc1cc(-c2ncc(C(F)(F)F)cc2Cl)c(F)cc1Cl. The number of halogens is 6. The van der Waals surface area contributed by atoms with Crippen LogP contribution in [0.1, 0.15) is 19.4 Å². The van der Waals surface area contributed by atoms with Crippen molar-refractivity contribution in [3.63, 3.8) is 0 Å². The zero-order valence-corrected chi connectivity index (χ0v) is 19.1. The van der Waals surface area contributed by atoms with Crippen LogP contribution in [0, 0.1) is 5.82 Å². The molecule has 0 fully saturated rings. The minimum absolute atomic E-state index is 0.103. The number of amides is 1. The fraction of sp³-hybridized carbons (Fsp3) is 0.333. The van der Waals surface area contributed by atoms with Crippen LogP contribution in [0.4, 0.5) is 17.6 Å². The first kappa shape index (κ1) is 26.1. The predicted octanol–water partition coefficient (Wildman–Crippen LogP) is 4.29. The molecule has 14 heteroatoms. The standard InChI is InChI=1S/C18H17Cl2F4N3O4S/c1-4-27(3)32(29,30)26-17(28)9(2)31-15-6-11(14(21)7-12(15)19)16-13(20)5-10(8-25-16)18(22,23)24/h5-9H,4H2,1-3H3,(H,26,28). The Balaban J connectivity index is 2.34. The van der Waals surface area contributed by atoms with Gasteiger partial charge >= 0.3 is 16.4 Å². The third-order valence-electron chi connectivity index (χ3n) is 4.20. The molecule has 0 aliphatic heterocycles. The molecule has 32 heavy (non-hydrogen) atoms. The molecule has 1 amide bonds. The quantitative estimate of drug-likeness (QED) is 0.553. The molecule has 176 valence electrons. The fourth-order valence-electron chi connectivity index (χ4n) is 2.29. The number of hydrogen-bond acceptors (Lipinski definition) is 5. The van der Waals surface area contributed by atoms with Gasteiger partial charge in [0.05, 0.1) is 21.3 Å². The number of alkyl halides is 3. The van der Waals surface area contributed by atoms with Crippen molar-refractivity contribution in [2.75, 3.05) is 13.6 Å². The Morgan fingerprint density at radius 2 is 1.88 bits per heavy atom. The first-order chi connectivity index (χ1) is 14.7. The van der Waals surface area contributed by atoms with Gasteiger partial charge in [-0.1, -0.05) is 30.1 Å². The molecular weight excluding hydrogens is 501 g/mol. The summed E-state index contributed by atoms with van der Waals surface area (Å²) in [5.74, 6) is -2.23. The molecule has 7 nitrogen and oxygen atoms in total. The minimum Gasteiger partial charge on any atom is -0.479 e. The van der Waals surface area contributed by atoms with Gasteiger partial charge in [0.2, 0.25) is 0 Å². The number of carbonyl (C=O) groups is 1. The van der Waals surface area contributed by atoms with E-state index in [4.69, 9.17) is 27.9 Å². The van der Waals surface area contributed by atoms with Gasteiger partial charge in [-0.2, -0.15) is 25.9 Å². The Morgan fingerprint density at radius 1 is 1.25 bits per heavy atom. The summed E-state index contributed by atoms with van der Waals surface area (Å²) in [7, 11) is -2.84. The average Bonchev–Trinajstić information content (AvgIpc) is 2.68. The summed E-state index contributed by atoms with van der Waals surface area (Å²) in [4.78, 5) is 15.8. The highest BCUT2D eigenvalue weighted by Gasteiger charge is 2.32. The van der Waals surface area contributed by atoms with E-state index in [1.165, 1.54) is 14.0 Å². The second-order valence-electron chi connectivity index (χ2n) is 6.46. The van der Waals surface area contributed by atoms with Crippen LogP contribution in [-0.4, -0.2) is 43.3 Å². The lowest BCUT2D eigenvalue weighted by atomic mass is 10.1. The Hall–Kier alpha value is -2.15. The first-order valence-electron chi connectivity index (χ1n) is 8.84. The maximum absolute atomic E-state index is 14.5. The van der Waals surface area contributed by atoms with Crippen molar-refractivity contribution in [1.82, 2.24) is 14.0 Å². The number of aromatic nitrogens is 1. The van der Waals surface area contributed by atoms with Crippen molar-refractivity contribution < 1.29 is 35.5 Å². The van der Waals surface area contributed by atoms with Crippen LogP contribution in [0.2, 0.25) is 10.0 Å². The van der Waals surface area contributed by atoms with Crippen molar-refractivity contribution in [1.29, 1.82) is 0 Å². The summed E-state index contributed by atoms with van der Waals surface area (Å²) in [5, 5.41) is -0.756. The Labute approximate surface area is 191 Å². The number of pyridine rings is 1. The summed E-state index contributed by atoms with van der Waals surface area (Å²) < 4.78 is 84.9. The van der Waals surface area contributed by atoms with E-state index in [9.17, 15) is 30.8 Å². The lowest BCUT2D eigenvalue weighted by Gasteiger charge is -2.19. The molecule has 1 unspecified atom stereocenters. The van der Waals surface area contributed by atoms with Crippen molar-refractivity contribution in [3.8, 4) is 17.0 Å². The third kappa shape index (κ3) is 6.00. The molecule has 1 aromatic carbocycles. The van der Waals surface area contributed by atoms with Crippen LogP contribution < -0.4 is 9.46 Å². The Kier molecular flexibility index (Phi) is 7.97. The van der Waals surface area contributed by atoms with E-state index in [-0.39, 0.29) is 28.6 Å². The summed E-state index contributed by atoms with van der Waals surface area (Å²) >= 11 is 11.8. The zero-order valence-electron chi connectivity index (χ0n) is 16.8. The number of benzene rings is 1. The Bertz CT molecular complexity index is 1130. The van der Waals surface area contributed by atoms with Gasteiger partial charge < -0.3 is 4.74 Å². The van der Waals surface area contributed by atoms with Gasteiger partial charge in [0.25, 0.3) is 5.91 Å². The average molecular weight is 518 g/mol. The number of nitrogens with zero attached hydrogens (tertiary/aromatic N) is 2. The highest BCUT2D eigenvalue weighted by molar-refractivity contribution is 7.87. The minimum atomic E-state index is -4.70. The van der Waals surface area contributed by atoms with Crippen LogP contribution in [0.3, 0.4) is 0 Å². The van der Waals surface area contributed by atoms with E-state index in [1.54, 1.807) is 6.92 Å². The molecule has 0 bridgehead atoms. The topological polar surface area (TPSA) is 88.6 Å². The predicted molar refractivity (Wildman–Crippen MR) is 110 cm³/mol. The molecule has 0 radical (unpaired) electrons. The van der Waals surface area contributed by atoms with Crippen molar-refractivity contribution in [2.45, 2.75) is 26.1 Å². The van der Waals surface area contributed by atoms with E-state index < -0.39 is 44.8 Å². The summed E-state index contributed by atoms with van der Waals surface area (Å²) in [5.41, 5.74) is -1.78. The largest absolute Gasteiger partial charge is 0.479 e. The molecule has 0 saturated carbocycles. The van der Waals surface area contributed by atoms with Gasteiger partial charge in [-0.3, -0.25) is 9.78 Å². The van der Waals surface area contributed by atoms with Gasteiger partial charge in [0.15, 0.2) is 6.10 Å². The monoisotopic (exact) mass is 517 g/mol. The molecule has 0 aliphatic carbocycles. The number of rotatable bonds is 7. The maximum atomic E-state index is 14.5. The van der Waals surface area contributed by atoms with E-state index in [2.05, 4.69) is 4.98 Å². The van der Waals surface area contributed by atoms with Gasteiger partial charge in [0, 0.05) is 25.4 Å². The van der Waals surface area contributed by atoms with E-state index in [1.807, 2.05) is 4.72 Å². The number of ether oxygens (including phenoxy) is 1. The third-order valence-corrected chi connectivity index (χ3v) is 6.32. The van der Waals surface area contributed by atoms with Gasteiger partial charge in [-0.15, -0.1) is 0 Å². The van der Waals surface area contributed by atoms with Crippen LogP contribution in [-0.2, 0) is 21.2 Å². The van der Waals surface area contributed by atoms with Crippen LogP contribution in [0.15, 0.2) is 24.4 Å². The summed E-state index contributed by atoms with van der Waals surface area (Å²) in [6.07, 6.45) is -5.60. The lowest BCUT2D eigenvalue weighted by molar-refractivity contribution is -0.137. The van der Waals surface area contributed by atoms with Crippen molar-refractivity contribution in [3.05, 3.63) is 45.8 Å². The van der Waals surface area contributed by atoms with Crippen LogP contribution in [0.25, 0.3) is 11.3 Å². The second kappa shape index (κ2) is 9.77. The van der Waals surface area contributed by atoms with E-state index >= 15 is 0 Å². The lowest BCUT2D eigenvalue weighted by Crippen LogP contribution is -2.46. The van der Waals surface area contributed by atoms with Gasteiger partial charge in [-0.25, -0.2) is 9.11 Å². The highest BCUT2D eigenvalue weighted by Crippen LogP contribution is 2.38.